The van der Waals surface area contributed by atoms with Crippen molar-refractivity contribution in [3.8, 4) is 0 Å². The van der Waals surface area contributed by atoms with Gasteiger partial charge in [0.15, 0.2) is 5.78 Å². The molecule has 0 aliphatic rings. The lowest BCUT2D eigenvalue weighted by molar-refractivity contribution is 0.104. The third-order valence-corrected chi connectivity index (χ3v) is 5.48. The molecule has 2 aromatic rings. The van der Waals surface area contributed by atoms with E-state index >= 15 is 0 Å². The van der Waals surface area contributed by atoms with Crippen LogP contribution in [0.1, 0.15) is 47.7 Å². The van der Waals surface area contributed by atoms with E-state index in [2.05, 4.69) is 25.3 Å². The molecule has 2 rings (SSSR count). The van der Waals surface area contributed by atoms with E-state index in [1.54, 1.807) is 6.08 Å². The molecule has 1 atom stereocenters. The number of aryl methyl sites for hydroxylation is 1. The van der Waals surface area contributed by atoms with Gasteiger partial charge in [-0.1, -0.05) is 67.6 Å². The molecule has 0 amide bonds. The normalized spacial score (nSPS) is 12.4. The fraction of sp³-hybridized carbons (Fsp3) is 0.318. The van der Waals surface area contributed by atoms with E-state index in [4.69, 9.17) is 0 Å². The minimum absolute atomic E-state index is 0.0545. The van der Waals surface area contributed by atoms with Gasteiger partial charge in [-0.2, -0.15) is 11.8 Å². The molecule has 126 valence electrons. The summed E-state index contributed by atoms with van der Waals surface area (Å²) in [7, 11) is 0. The van der Waals surface area contributed by atoms with Gasteiger partial charge in [0.05, 0.1) is 0 Å². The number of rotatable bonds is 9. The van der Waals surface area contributed by atoms with Crippen LogP contribution < -0.4 is 0 Å². The lowest BCUT2D eigenvalue weighted by Crippen LogP contribution is -2.01. The topological polar surface area (TPSA) is 17.1 Å². The lowest BCUT2D eigenvalue weighted by atomic mass is 10.0. The number of ketones is 1. The van der Waals surface area contributed by atoms with Gasteiger partial charge in [0.1, 0.15) is 0 Å². The predicted molar refractivity (Wildman–Crippen MR) is 107 cm³/mol. The number of carbonyl (C=O) groups is 1. The summed E-state index contributed by atoms with van der Waals surface area (Å²) in [6.07, 6.45) is 10.5. The first-order valence-electron chi connectivity index (χ1n) is 8.62. The van der Waals surface area contributed by atoms with E-state index in [0.717, 1.165) is 22.8 Å². The average molecular weight is 339 g/mol. The number of hydrogen-bond donors (Lipinski definition) is 0. The Morgan fingerprint density at radius 2 is 1.79 bits per heavy atom. The molecule has 0 saturated heterocycles. The molecule has 1 unspecified atom stereocenters. The monoisotopic (exact) mass is 338 g/mol. The number of allylic oxidation sites excluding steroid dienone is 1. The second-order valence-electron chi connectivity index (χ2n) is 5.96. The Labute approximate surface area is 150 Å². The minimum atomic E-state index is 0.0545. The summed E-state index contributed by atoms with van der Waals surface area (Å²) in [6, 6.07) is 18.0. The number of carbonyl (C=O) groups excluding carboxylic acids is 1. The van der Waals surface area contributed by atoms with Crippen LogP contribution >= 0.6 is 11.8 Å². The van der Waals surface area contributed by atoms with Gasteiger partial charge in [-0.05, 0) is 49.1 Å². The van der Waals surface area contributed by atoms with Crippen LogP contribution in [-0.2, 0) is 6.42 Å². The SMILES string of the molecule is CCC(CCCc1ccc(C(=O)C=Cc2ccccc2)cc1)SC. The first-order valence-corrected chi connectivity index (χ1v) is 9.91. The molecular weight excluding hydrogens is 312 g/mol. The van der Waals surface area contributed by atoms with Crippen LogP contribution in [0.2, 0.25) is 0 Å². The molecule has 0 heterocycles. The lowest BCUT2D eigenvalue weighted by Gasteiger charge is -2.11. The third kappa shape index (κ3) is 6.01. The Balaban J connectivity index is 1.87. The van der Waals surface area contributed by atoms with E-state index in [0.29, 0.717) is 0 Å². The van der Waals surface area contributed by atoms with Crippen LogP contribution in [0.15, 0.2) is 60.7 Å². The van der Waals surface area contributed by atoms with E-state index < -0.39 is 0 Å². The van der Waals surface area contributed by atoms with Crippen molar-refractivity contribution in [2.45, 2.75) is 37.9 Å². The predicted octanol–water partition coefficient (Wildman–Crippen LogP) is 6.05. The Morgan fingerprint density at radius 3 is 2.42 bits per heavy atom. The fourth-order valence-electron chi connectivity index (χ4n) is 2.69. The van der Waals surface area contributed by atoms with Crippen LogP contribution in [0.25, 0.3) is 6.08 Å². The van der Waals surface area contributed by atoms with Crippen molar-refractivity contribution in [1.29, 1.82) is 0 Å². The largest absolute Gasteiger partial charge is 0.289 e. The maximum atomic E-state index is 12.2. The summed E-state index contributed by atoms with van der Waals surface area (Å²) < 4.78 is 0. The van der Waals surface area contributed by atoms with Crippen molar-refractivity contribution in [3.63, 3.8) is 0 Å². The first kappa shape index (κ1) is 18.5. The van der Waals surface area contributed by atoms with Gasteiger partial charge in [0.25, 0.3) is 0 Å². The van der Waals surface area contributed by atoms with Crippen LogP contribution in [0.3, 0.4) is 0 Å². The zero-order chi connectivity index (χ0) is 17.2. The van der Waals surface area contributed by atoms with E-state index in [1.807, 2.05) is 60.3 Å². The minimum Gasteiger partial charge on any atom is -0.289 e. The van der Waals surface area contributed by atoms with Gasteiger partial charge >= 0.3 is 0 Å². The number of thioether (sulfide) groups is 1. The van der Waals surface area contributed by atoms with Crippen molar-refractivity contribution in [1.82, 2.24) is 0 Å². The molecule has 0 spiro atoms. The van der Waals surface area contributed by atoms with Gasteiger partial charge in [-0.15, -0.1) is 0 Å². The molecule has 2 heteroatoms. The molecule has 0 bridgehead atoms. The van der Waals surface area contributed by atoms with Crippen molar-refractivity contribution in [2.24, 2.45) is 0 Å². The molecule has 0 fully saturated rings. The maximum Gasteiger partial charge on any atom is 0.185 e. The fourth-order valence-corrected chi connectivity index (χ4v) is 3.43. The first-order chi connectivity index (χ1) is 11.7. The van der Waals surface area contributed by atoms with Gasteiger partial charge in [0, 0.05) is 10.8 Å². The summed E-state index contributed by atoms with van der Waals surface area (Å²) in [5.41, 5.74) is 3.11. The molecule has 0 saturated carbocycles. The van der Waals surface area contributed by atoms with E-state index in [-0.39, 0.29) is 5.78 Å². The summed E-state index contributed by atoms with van der Waals surface area (Å²) in [4.78, 5) is 12.2. The van der Waals surface area contributed by atoms with Gasteiger partial charge in [-0.25, -0.2) is 0 Å². The molecule has 2 aromatic carbocycles. The van der Waals surface area contributed by atoms with Crippen LogP contribution in [0.5, 0.6) is 0 Å². The molecule has 1 nitrogen and oxygen atoms in total. The molecule has 0 radical (unpaired) electrons. The van der Waals surface area contributed by atoms with Crippen molar-refractivity contribution < 1.29 is 4.79 Å². The average Bonchev–Trinajstić information content (AvgIpc) is 2.64. The molecule has 0 N–H and O–H groups in total. The highest BCUT2D eigenvalue weighted by molar-refractivity contribution is 7.99. The summed E-state index contributed by atoms with van der Waals surface area (Å²) in [5.74, 6) is 0.0545. The smallest absolute Gasteiger partial charge is 0.185 e. The van der Waals surface area contributed by atoms with Gasteiger partial charge in [-0.3, -0.25) is 4.79 Å². The van der Waals surface area contributed by atoms with Crippen molar-refractivity contribution in [3.05, 3.63) is 77.4 Å². The van der Waals surface area contributed by atoms with Crippen LogP contribution in [-0.4, -0.2) is 17.3 Å². The standard InChI is InChI=1S/C22H26OS/c1-3-21(24-2)11-7-10-19-12-15-20(16-13-19)22(23)17-14-18-8-5-4-6-9-18/h4-6,8-9,12-17,21H,3,7,10-11H2,1-2H3. The quantitative estimate of drug-likeness (QED) is 0.409. The number of benzene rings is 2. The van der Waals surface area contributed by atoms with Gasteiger partial charge in [0.2, 0.25) is 0 Å². The highest BCUT2D eigenvalue weighted by atomic mass is 32.2. The van der Waals surface area contributed by atoms with Crippen LogP contribution in [0.4, 0.5) is 0 Å². The number of hydrogen-bond acceptors (Lipinski definition) is 2. The molecule has 0 aliphatic carbocycles. The summed E-state index contributed by atoms with van der Waals surface area (Å²) in [6.45, 7) is 2.25. The Kier molecular flexibility index (Phi) is 7.84. The molecular formula is C22H26OS. The Morgan fingerprint density at radius 1 is 1.08 bits per heavy atom. The maximum absolute atomic E-state index is 12.2. The van der Waals surface area contributed by atoms with Crippen molar-refractivity contribution in [2.75, 3.05) is 6.26 Å². The highest BCUT2D eigenvalue weighted by Crippen LogP contribution is 2.18. The molecule has 24 heavy (non-hydrogen) atoms. The van der Waals surface area contributed by atoms with E-state index in [9.17, 15) is 4.79 Å². The second-order valence-corrected chi connectivity index (χ2v) is 7.10. The van der Waals surface area contributed by atoms with Crippen molar-refractivity contribution >= 4 is 23.6 Å². The second kappa shape index (κ2) is 10.1. The highest BCUT2D eigenvalue weighted by Gasteiger charge is 2.05. The summed E-state index contributed by atoms with van der Waals surface area (Å²) >= 11 is 1.96. The summed E-state index contributed by atoms with van der Waals surface area (Å²) in [5, 5.41) is 0.772. The Bertz CT molecular complexity index is 639. The Hall–Kier alpha value is -1.80. The molecule has 0 aromatic heterocycles. The molecule has 0 aliphatic heterocycles. The zero-order valence-corrected chi connectivity index (χ0v) is 15.4. The van der Waals surface area contributed by atoms with Crippen LogP contribution in [0, 0.1) is 0 Å². The van der Waals surface area contributed by atoms with Gasteiger partial charge < -0.3 is 0 Å². The zero-order valence-electron chi connectivity index (χ0n) is 14.6. The third-order valence-electron chi connectivity index (χ3n) is 4.25. The van der Waals surface area contributed by atoms with E-state index in [1.165, 1.54) is 24.8 Å².